The van der Waals surface area contributed by atoms with Gasteiger partial charge in [0.05, 0.1) is 22.8 Å². The molecule has 112 valence electrons. The number of hydrogen-bond donors (Lipinski definition) is 1. The van der Waals surface area contributed by atoms with Crippen LogP contribution < -0.4 is 5.73 Å². The predicted octanol–water partition coefficient (Wildman–Crippen LogP) is 3.78. The van der Waals surface area contributed by atoms with Crippen LogP contribution in [0, 0.1) is 0 Å². The molecule has 2 rings (SSSR count). The van der Waals surface area contributed by atoms with Gasteiger partial charge in [0, 0.05) is 22.8 Å². The number of benzene rings is 1. The zero-order valence-electron chi connectivity index (χ0n) is 12.0. The molecule has 0 spiro atoms. The summed E-state index contributed by atoms with van der Waals surface area (Å²) in [5, 5.41) is 5.49. The van der Waals surface area contributed by atoms with Crippen molar-refractivity contribution >= 4 is 34.7 Å². The third-order valence-electron chi connectivity index (χ3n) is 3.34. The molecule has 0 aliphatic rings. The topological polar surface area (TPSA) is 60.9 Å². The van der Waals surface area contributed by atoms with E-state index in [-0.39, 0.29) is 12.2 Å². The van der Waals surface area contributed by atoms with Crippen molar-refractivity contribution in [3.05, 3.63) is 45.2 Å². The van der Waals surface area contributed by atoms with Gasteiger partial charge in [0.2, 0.25) is 0 Å². The molecule has 2 aromatic rings. The summed E-state index contributed by atoms with van der Waals surface area (Å²) >= 11 is 12.2. The summed E-state index contributed by atoms with van der Waals surface area (Å²) in [5.41, 5.74) is 8.23. The van der Waals surface area contributed by atoms with E-state index in [1.54, 1.807) is 22.9 Å². The number of Topliss-reactive ketones (excluding diaryl/α,β-unsaturated/α-hetero) is 1. The Hall–Kier alpha value is -1.52. The molecule has 6 heteroatoms. The second kappa shape index (κ2) is 6.50. The second-order valence-corrected chi connectivity index (χ2v) is 5.52. The van der Waals surface area contributed by atoms with E-state index in [1.807, 2.05) is 13.8 Å². The largest absolute Gasteiger partial charge is 0.398 e. The van der Waals surface area contributed by atoms with Crippen LogP contribution >= 0.6 is 23.2 Å². The van der Waals surface area contributed by atoms with E-state index < -0.39 is 0 Å². The Labute approximate surface area is 133 Å². The van der Waals surface area contributed by atoms with Gasteiger partial charge in [0.15, 0.2) is 5.78 Å². The first-order chi connectivity index (χ1) is 9.97. The maximum atomic E-state index is 12.4. The number of nitrogen functional groups attached to an aromatic ring is 1. The van der Waals surface area contributed by atoms with E-state index in [1.165, 1.54) is 0 Å². The monoisotopic (exact) mass is 325 g/mol. The van der Waals surface area contributed by atoms with Crippen LogP contribution in [0.2, 0.25) is 10.0 Å². The summed E-state index contributed by atoms with van der Waals surface area (Å²) in [5.74, 6) is -0.0941. The normalized spacial score (nSPS) is 10.9. The van der Waals surface area contributed by atoms with E-state index in [9.17, 15) is 4.79 Å². The van der Waals surface area contributed by atoms with Crippen molar-refractivity contribution in [2.24, 2.45) is 0 Å². The first kappa shape index (κ1) is 15.9. The number of carbonyl (C=O) groups is 1. The molecule has 0 atom stereocenters. The predicted molar refractivity (Wildman–Crippen MR) is 86.2 cm³/mol. The highest BCUT2D eigenvalue weighted by Gasteiger charge is 2.19. The summed E-state index contributed by atoms with van der Waals surface area (Å²) in [6.45, 7) is 4.61. The van der Waals surface area contributed by atoms with Crippen LogP contribution in [0.3, 0.4) is 0 Å². The molecule has 0 unspecified atom stereocenters. The third-order valence-corrected chi connectivity index (χ3v) is 4.01. The highest BCUT2D eigenvalue weighted by Crippen LogP contribution is 2.25. The number of carbonyl (C=O) groups excluding carboxylic acids is 1. The van der Waals surface area contributed by atoms with Crippen LogP contribution in [0.25, 0.3) is 0 Å². The molecule has 2 N–H and O–H groups in total. The lowest BCUT2D eigenvalue weighted by Crippen LogP contribution is -2.11. The quantitative estimate of drug-likeness (QED) is 0.672. The molecule has 0 fully saturated rings. The molecule has 1 aromatic heterocycles. The van der Waals surface area contributed by atoms with Crippen molar-refractivity contribution in [2.45, 2.75) is 33.2 Å². The number of aryl methyl sites for hydroxylation is 2. The van der Waals surface area contributed by atoms with Crippen LogP contribution in [0.5, 0.6) is 0 Å². The summed E-state index contributed by atoms with van der Waals surface area (Å²) in [6.07, 6.45) is 0.904. The Morgan fingerprint density at radius 2 is 2.05 bits per heavy atom. The lowest BCUT2D eigenvalue weighted by atomic mass is 10.0. The summed E-state index contributed by atoms with van der Waals surface area (Å²) < 4.78 is 1.77. The molecule has 0 saturated carbocycles. The van der Waals surface area contributed by atoms with Gasteiger partial charge in [-0.1, -0.05) is 30.1 Å². The number of nitrogens with two attached hydrogens (primary N) is 1. The first-order valence-electron chi connectivity index (χ1n) is 6.80. The van der Waals surface area contributed by atoms with Gasteiger partial charge in [0.25, 0.3) is 0 Å². The van der Waals surface area contributed by atoms with E-state index >= 15 is 0 Å². The summed E-state index contributed by atoms with van der Waals surface area (Å²) in [4.78, 5) is 12.4. The van der Waals surface area contributed by atoms with Crippen LogP contribution in [-0.2, 0) is 19.4 Å². The van der Waals surface area contributed by atoms with E-state index in [4.69, 9.17) is 28.9 Å². The lowest BCUT2D eigenvalue weighted by molar-refractivity contribution is 0.0991. The molecule has 1 heterocycles. The number of halogens is 2. The SMILES string of the molecule is CCc1nn(CC)c(CC(=O)c2ccc(Cl)cc2N)c1Cl. The molecule has 4 nitrogen and oxygen atoms in total. The van der Waals surface area contributed by atoms with Crippen molar-refractivity contribution in [1.29, 1.82) is 0 Å². The van der Waals surface area contributed by atoms with Crippen LogP contribution in [0.15, 0.2) is 18.2 Å². The molecule has 0 aliphatic heterocycles. The molecular formula is C15H17Cl2N3O. The average Bonchev–Trinajstić information content (AvgIpc) is 2.75. The number of rotatable bonds is 5. The zero-order chi connectivity index (χ0) is 15.6. The summed E-state index contributed by atoms with van der Waals surface area (Å²) in [6, 6.07) is 4.87. The maximum absolute atomic E-state index is 12.4. The standard InChI is InChI=1S/C15H17Cl2N3O/c1-3-12-15(17)13(20(4-2)19-12)8-14(21)10-6-5-9(16)7-11(10)18/h5-7H,3-4,8,18H2,1-2H3. The number of nitrogens with zero attached hydrogens (tertiary/aromatic N) is 2. The maximum Gasteiger partial charge on any atom is 0.170 e. The van der Waals surface area contributed by atoms with Gasteiger partial charge >= 0.3 is 0 Å². The Morgan fingerprint density at radius 1 is 1.33 bits per heavy atom. The Kier molecular flexibility index (Phi) is 4.91. The molecular weight excluding hydrogens is 309 g/mol. The fourth-order valence-electron chi connectivity index (χ4n) is 2.22. The number of hydrogen-bond acceptors (Lipinski definition) is 3. The zero-order valence-corrected chi connectivity index (χ0v) is 13.5. The Morgan fingerprint density at radius 3 is 2.62 bits per heavy atom. The fraction of sp³-hybridized carbons (Fsp3) is 0.333. The van der Waals surface area contributed by atoms with Crippen molar-refractivity contribution in [3.63, 3.8) is 0 Å². The van der Waals surface area contributed by atoms with Gasteiger partial charge in [-0.05, 0) is 31.5 Å². The Balaban J connectivity index is 2.33. The first-order valence-corrected chi connectivity index (χ1v) is 7.55. The molecule has 0 amide bonds. The van der Waals surface area contributed by atoms with Gasteiger partial charge < -0.3 is 5.73 Å². The second-order valence-electron chi connectivity index (χ2n) is 4.71. The summed E-state index contributed by atoms with van der Waals surface area (Å²) in [7, 11) is 0. The molecule has 0 radical (unpaired) electrons. The van der Waals surface area contributed by atoms with E-state index in [2.05, 4.69) is 5.10 Å². The van der Waals surface area contributed by atoms with Crippen molar-refractivity contribution in [3.8, 4) is 0 Å². The average molecular weight is 326 g/mol. The van der Waals surface area contributed by atoms with E-state index in [0.717, 1.165) is 17.8 Å². The molecule has 0 saturated heterocycles. The molecule has 0 aliphatic carbocycles. The van der Waals surface area contributed by atoms with Crippen LogP contribution in [0.4, 0.5) is 5.69 Å². The molecule has 1 aromatic carbocycles. The van der Waals surface area contributed by atoms with Gasteiger partial charge in [0.1, 0.15) is 0 Å². The van der Waals surface area contributed by atoms with Crippen molar-refractivity contribution in [2.75, 3.05) is 5.73 Å². The fourth-order valence-corrected chi connectivity index (χ4v) is 2.74. The number of aromatic nitrogens is 2. The highest BCUT2D eigenvalue weighted by atomic mass is 35.5. The highest BCUT2D eigenvalue weighted by molar-refractivity contribution is 6.32. The molecule has 21 heavy (non-hydrogen) atoms. The third kappa shape index (κ3) is 3.22. The smallest absolute Gasteiger partial charge is 0.170 e. The minimum absolute atomic E-state index is 0.0941. The van der Waals surface area contributed by atoms with Gasteiger partial charge in [-0.25, -0.2) is 0 Å². The Bertz CT molecular complexity index is 680. The number of anilines is 1. The van der Waals surface area contributed by atoms with Gasteiger partial charge in [-0.15, -0.1) is 0 Å². The minimum atomic E-state index is -0.0941. The van der Waals surface area contributed by atoms with Gasteiger partial charge in [-0.2, -0.15) is 5.10 Å². The van der Waals surface area contributed by atoms with Crippen molar-refractivity contribution < 1.29 is 4.79 Å². The van der Waals surface area contributed by atoms with Crippen LogP contribution in [0.1, 0.15) is 35.6 Å². The minimum Gasteiger partial charge on any atom is -0.398 e. The van der Waals surface area contributed by atoms with Crippen molar-refractivity contribution in [1.82, 2.24) is 9.78 Å². The lowest BCUT2D eigenvalue weighted by Gasteiger charge is -2.07. The van der Waals surface area contributed by atoms with Crippen LogP contribution in [-0.4, -0.2) is 15.6 Å². The van der Waals surface area contributed by atoms with E-state index in [0.29, 0.717) is 27.8 Å². The molecule has 0 bridgehead atoms. The van der Waals surface area contributed by atoms with Gasteiger partial charge in [-0.3, -0.25) is 9.48 Å². The number of ketones is 1.